The van der Waals surface area contributed by atoms with Crippen molar-refractivity contribution in [2.75, 3.05) is 6.54 Å². The van der Waals surface area contributed by atoms with Crippen LogP contribution in [0.5, 0.6) is 0 Å². The van der Waals surface area contributed by atoms with Crippen LogP contribution < -0.4 is 5.32 Å². The van der Waals surface area contributed by atoms with Crippen molar-refractivity contribution >= 4 is 22.9 Å². The molecule has 1 aromatic carbocycles. The van der Waals surface area contributed by atoms with E-state index in [1.807, 2.05) is 6.92 Å². The largest absolute Gasteiger partial charge is 0.478 e. The molecule has 6 nitrogen and oxygen atoms in total. The zero-order chi connectivity index (χ0) is 14.3. The van der Waals surface area contributed by atoms with Crippen molar-refractivity contribution in [2.24, 2.45) is 0 Å². The van der Waals surface area contributed by atoms with E-state index in [1.165, 1.54) is 0 Å². The number of hydrogen-bond donors (Lipinski definition) is 2. The normalized spacial score (nSPS) is 19.1. The average Bonchev–Trinajstić information content (AvgIpc) is 2.74. The molecule has 20 heavy (non-hydrogen) atoms. The maximum atomic E-state index is 11.2. The van der Waals surface area contributed by atoms with Gasteiger partial charge >= 0.3 is 5.97 Å². The van der Waals surface area contributed by atoms with E-state index in [1.54, 1.807) is 18.2 Å². The number of carboxylic acid groups (broad SMARTS) is 1. The van der Waals surface area contributed by atoms with Gasteiger partial charge in [-0.3, -0.25) is 4.79 Å². The van der Waals surface area contributed by atoms with E-state index < -0.39 is 5.97 Å². The first kappa shape index (κ1) is 12.7. The van der Waals surface area contributed by atoms with Crippen molar-refractivity contribution < 1.29 is 14.7 Å². The summed E-state index contributed by atoms with van der Waals surface area (Å²) in [4.78, 5) is 26.7. The summed E-state index contributed by atoms with van der Waals surface area (Å²) >= 11 is 0. The summed E-state index contributed by atoms with van der Waals surface area (Å²) in [5, 5.41) is 11.9. The van der Waals surface area contributed by atoms with Gasteiger partial charge in [-0.25, -0.2) is 9.78 Å². The molecule has 0 bridgehead atoms. The van der Waals surface area contributed by atoms with Crippen molar-refractivity contribution in [1.82, 2.24) is 14.9 Å². The lowest BCUT2D eigenvalue weighted by atomic mass is 10.1. The third-order valence-corrected chi connectivity index (χ3v) is 3.72. The van der Waals surface area contributed by atoms with Crippen LogP contribution in [0.25, 0.3) is 11.0 Å². The van der Waals surface area contributed by atoms with Crippen LogP contribution in [0.2, 0.25) is 0 Å². The molecule has 6 heteroatoms. The molecule has 1 fully saturated rings. The van der Waals surface area contributed by atoms with Gasteiger partial charge in [-0.05, 0) is 31.5 Å². The summed E-state index contributed by atoms with van der Waals surface area (Å²) in [6.45, 7) is 2.49. The van der Waals surface area contributed by atoms with Crippen LogP contribution in [-0.2, 0) is 4.79 Å². The number of fused-ring (bicyclic) bond motifs is 1. The van der Waals surface area contributed by atoms with Crippen LogP contribution in [0, 0.1) is 6.92 Å². The van der Waals surface area contributed by atoms with E-state index in [0.29, 0.717) is 18.5 Å². The molecule has 0 aliphatic carbocycles. The summed E-state index contributed by atoms with van der Waals surface area (Å²) in [6.07, 6.45) is 1.29. The second kappa shape index (κ2) is 4.63. The molecule has 1 unspecified atom stereocenters. The molecule has 0 saturated carbocycles. The highest BCUT2D eigenvalue weighted by molar-refractivity contribution is 5.92. The Kier molecular flexibility index (Phi) is 2.93. The first-order valence-corrected chi connectivity index (χ1v) is 6.55. The van der Waals surface area contributed by atoms with Crippen molar-refractivity contribution in [3.05, 3.63) is 29.6 Å². The van der Waals surface area contributed by atoms with E-state index in [-0.39, 0.29) is 17.5 Å². The molecule has 104 valence electrons. The SMILES string of the molecule is Cc1nc2cc(C(=O)O)ccc2n1C1CCC(=O)NC1. The van der Waals surface area contributed by atoms with Crippen LogP contribution in [-0.4, -0.2) is 33.1 Å². The van der Waals surface area contributed by atoms with Crippen LogP contribution in [0.15, 0.2) is 18.2 Å². The van der Waals surface area contributed by atoms with Gasteiger partial charge in [0.15, 0.2) is 0 Å². The van der Waals surface area contributed by atoms with E-state index in [9.17, 15) is 9.59 Å². The molecule has 1 aliphatic rings. The van der Waals surface area contributed by atoms with Crippen molar-refractivity contribution in [3.63, 3.8) is 0 Å². The summed E-state index contributed by atoms with van der Waals surface area (Å²) in [6, 6.07) is 5.13. The Bertz CT molecular complexity index is 695. The number of rotatable bonds is 2. The van der Waals surface area contributed by atoms with Gasteiger partial charge in [0.25, 0.3) is 0 Å². The van der Waals surface area contributed by atoms with Gasteiger partial charge < -0.3 is 15.0 Å². The van der Waals surface area contributed by atoms with Crippen LogP contribution in [0.3, 0.4) is 0 Å². The standard InChI is InChI=1S/C14H15N3O3/c1-8-16-11-6-9(14(19)20)2-4-12(11)17(8)10-3-5-13(18)15-7-10/h2,4,6,10H,3,5,7H2,1H3,(H,15,18)(H,19,20). The van der Waals surface area contributed by atoms with Gasteiger partial charge in [-0.1, -0.05) is 0 Å². The van der Waals surface area contributed by atoms with Crippen molar-refractivity contribution in [2.45, 2.75) is 25.8 Å². The molecular formula is C14H15N3O3. The van der Waals surface area contributed by atoms with Crippen LogP contribution in [0.1, 0.15) is 35.1 Å². The third-order valence-electron chi connectivity index (χ3n) is 3.72. The first-order valence-electron chi connectivity index (χ1n) is 6.55. The number of aryl methyl sites for hydroxylation is 1. The number of aromatic nitrogens is 2. The Morgan fingerprint density at radius 2 is 2.30 bits per heavy atom. The fourth-order valence-corrected chi connectivity index (χ4v) is 2.75. The molecule has 1 amide bonds. The number of benzene rings is 1. The highest BCUT2D eigenvalue weighted by Crippen LogP contribution is 2.26. The Hall–Kier alpha value is -2.37. The monoisotopic (exact) mass is 273 g/mol. The highest BCUT2D eigenvalue weighted by atomic mass is 16.4. The zero-order valence-electron chi connectivity index (χ0n) is 11.1. The first-order chi connectivity index (χ1) is 9.56. The lowest BCUT2D eigenvalue weighted by molar-refractivity contribution is -0.122. The molecule has 1 aromatic heterocycles. The average molecular weight is 273 g/mol. The van der Waals surface area contributed by atoms with Gasteiger partial charge in [-0.2, -0.15) is 0 Å². The molecule has 2 heterocycles. The number of aromatic carboxylic acids is 1. The van der Waals surface area contributed by atoms with Gasteiger partial charge in [0, 0.05) is 13.0 Å². The number of nitrogens with zero attached hydrogens (tertiary/aromatic N) is 2. The summed E-state index contributed by atoms with van der Waals surface area (Å²) < 4.78 is 2.08. The van der Waals surface area contributed by atoms with Crippen LogP contribution in [0.4, 0.5) is 0 Å². The second-order valence-electron chi connectivity index (χ2n) is 5.03. The number of carbonyl (C=O) groups is 2. The van der Waals surface area contributed by atoms with Crippen molar-refractivity contribution in [1.29, 1.82) is 0 Å². The Balaban J connectivity index is 2.05. The Labute approximate surface area is 115 Å². The quantitative estimate of drug-likeness (QED) is 0.868. The number of piperidine rings is 1. The summed E-state index contributed by atoms with van der Waals surface area (Å²) in [5.41, 5.74) is 1.83. The number of carboxylic acids is 1. The predicted octanol–water partition coefficient (Wildman–Crippen LogP) is 1.49. The summed E-state index contributed by atoms with van der Waals surface area (Å²) in [5.74, 6) is -0.0378. The van der Waals surface area contributed by atoms with E-state index in [4.69, 9.17) is 5.11 Å². The topological polar surface area (TPSA) is 84.2 Å². The third kappa shape index (κ3) is 2.03. The molecule has 1 atom stereocenters. The number of amides is 1. The van der Waals surface area contributed by atoms with E-state index >= 15 is 0 Å². The second-order valence-corrected chi connectivity index (χ2v) is 5.03. The molecule has 3 rings (SSSR count). The maximum absolute atomic E-state index is 11.2. The summed E-state index contributed by atoms with van der Waals surface area (Å²) in [7, 11) is 0. The van der Waals surface area contributed by atoms with Gasteiger partial charge in [-0.15, -0.1) is 0 Å². The maximum Gasteiger partial charge on any atom is 0.335 e. The molecular weight excluding hydrogens is 258 g/mol. The molecule has 1 saturated heterocycles. The van der Waals surface area contributed by atoms with E-state index in [2.05, 4.69) is 14.9 Å². The zero-order valence-corrected chi connectivity index (χ0v) is 11.1. The predicted molar refractivity (Wildman–Crippen MR) is 72.7 cm³/mol. The minimum absolute atomic E-state index is 0.0801. The fraction of sp³-hybridized carbons (Fsp3) is 0.357. The molecule has 2 N–H and O–H groups in total. The lowest BCUT2D eigenvalue weighted by Crippen LogP contribution is -2.36. The van der Waals surface area contributed by atoms with Crippen LogP contribution >= 0.6 is 0 Å². The van der Waals surface area contributed by atoms with Gasteiger partial charge in [0.05, 0.1) is 22.6 Å². The minimum atomic E-state index is -0.955. The van der Waals surface area contributed by atoms with Gasteiger partial charge in [0.2, 0.25) is 5.91 Å². The molecule has 0 radical (unpaired) electrons. The Morgan fingerprint density at radius 1 is 1.50 bits per heavy atom. The number of nitrogens with one attached hydrogen (secondary N) is 1. The minimum Gasteiger partial charge on any atom is -0.478 e. The fourth-order valence-electron chi connectivity index (χ4n) is 2.75. The highest BCUT2D eigenvalue weighted by Gasteiger charge is 2.23. The molecule has 0 spiro atoms. The van der Waals surface area contributed by atoms with E-state index in [0.717, 1.165) is 17.8 Å². The smallest absolute Gasteiger partial charge is 0.335 e. The lowest BCUT2D eigenvalue weighted by Gasteiger charge is -2.25. The molecule has 2 aromatic rings. The number of imidazole rings is 1. The van der Waals surface area contributed by atoms with Gasteiger partial charge in [0.1, 0.15) is 5.82 Å². The number of carbonyl (C=O) groups excluding carboxylic acids is 1. The number of hydrogen-bond acceptors (Lipinski definition) is 3. The Morgan fingerprint density at radius 3 is 2.95 bits per heavy atom. The van der Waals surface area contributed by atoms with Crippen molar-refractivity contribution in [3.8, 4) is 0 Å². The molecule has 1 aliphatic heterocycles.